The molecule has 0 aliphatic carbocycles. The Labute approximate surface area is 131 Å². The highest BCUT2D eigenvalue weighted by Gasteiger charge is 2.18. The molecule has 1 aromatic carbocycles. The zero-order valence-electron chi connectivity index (χ0n) is 12.7. The van der Waals surface area contributed by atoms with Gasteiger partial charge in [0.1, 0.15) is 6.10 Å². The number of carbonyl (C=O) groups excluding carboxylic acids is 1. The fourth-order valence-corrected chi connectivity index (χ4v) is 2.59. The molecule has 0 spiro atoms. The van der Waals surface area contributed by atoms with E-state index < -0.39 is 0 Å². The minimum Gasteiger partial charge on any atom is -0.461 e. The molecule has 116 valence electrons. The molecule has 0 saturated carbocycles. The fourth-order valence-electron chi connectivity index (χ4n) is 2.47. The number of benzene rings is 1. The number of rotatable bonds is 5. The summed E-state index contributed by atoms with van der Waals surface area (Å²) < 4.78 is 5.49. The summed E-state index contributed by atoms with van der Waals surface area (Å²) in [5.41, 5.74) is 0.927. The molecule has 0 bridgehead atoms. The van der Waals surface area contributed by atoms with Crippen LogP contribution < -0.4 is 0 Å². The summed E-state index contributed by atoms with van der Waals surface area (Å²) in [6, 6.07) is 7.29. The van der Waals surface area contributed by atoms with Crippen LogP contribution in [0.25, 0.3) is 0 Å². The zero-order chi connectivity index (χ0) is 15.2. The monoisotopic (exact) mass is 310 g/mol. The van der Waals surface area contributed by atoms with Gasteiger partial charge < -0.3 is 9.64 Å². The number of nitrogens with zero attached hydrogens (tertiary/aromatic N) is 2. The first-order valence-corrected chi connectivity index (χ1v) is 7.75. The Morgan fingerprint density at radius 2 is 1.86 bits per heavy atom. The van der Waals surface area contributed by atoms with E-state index in [2.05, 4.69) is 16.8 Å². The number of halogens is 1. The van der Waals surface area contributed by atoms with Crippen LogP contribution in [0.15, 0.2) is 24.3 Å². The maximum Gasteiger partial charge on any atom is 0.310 e. The van der Waals surface area contributed by atoms with Crippen LogP contribution in [0.2, 0.25) is 5.02 Å². The van der Waals surface area contributed by atoms with E-state index in [1.807, 2.05) is 19.1 Å². The quantitative estimate of drug-likeness (QED) is 0.780. The lowest BCUT2D eigenvalue weighted by molar-refractivity contribution is -0.148. The lowest BCUT2D eigenvalue weighted by Gasteiger charge is -2.33. The third kappa shape index (κ3) is 5.65. The van der Waals surface area contributed by atoms with Gasteiger partial charge in [0, 0.05) is 37.7 Å². The second kappa shape index (κ2) is 7.78. The maximum absolute atomic E-state index is 11.9. The third-order valence-electron chi connectivity index (χ3n) is 3.71. The third-order valence-corrected chi connectivity index (χ3v) is 3.96. The number of piperazine rings is 1. The Balaban J connectivity index is 1.73. The van der Waals surface area contributed by atoms with Crippen molar-refractivity contribution in [1.82, 2.24) is 9.80 Å². The van der Waals surface area contributed by atoms with Gasteiger partial charge in [-0.25, -0.2) is 0 Å². The highest BCUT2D eigenvalue weighted by Crippen LogP contribution is 2.11. The van der Waals surface area contributed by atoms with Crippen LogP contribution >= 0.6 is 11.6 Å². The van der Waals surface area contributed by atoms with Crippen molar-refractivity contribution >= 4 is 17.6 Å². The van der Waals surface area contributed by atoms with Crippen LogP contribution in [0.5, 0.6) is 0 Å². The molecule has 4 nitrogen and oxygen atoms in total. The summed E-state index contributed by atoms with van der Waals surface area (Å²) in [5.74, 6) is -0.182. The molecule has 21 heavy (non-hydrogen) atoms. The highest BCUT2D eigenvalue weighted by molar-refractivity contribution is 6.30. The second-order valence-corrected chi connectivity index (χ2v) is 6.14. The average Bonchev–Trinajstić information content (AvgIpc) is 2.44. The van der Waals surface area contributed by atoms with E-state index in [4.69, 9.17) is 16.3 Å². The Morgan fingerprint density at radius 3 is 2.48 bits per heavy atom. The van der Waals surface area contributed by atoms with Crippen LogP contribution in [0, 0.1) is 0 Å². The molecule has 1 aromatic rings. The van der Waals surface area contributed by atoms with Crippen LogP contribution in [0.3, 0.4) is 0 Å². The van der Waals surface area contributed by atoms with Gasteiger partial charge in [-0.05, 0) is 31.7 Å². The summed E-state index contributed by atoms with van der Waals surface area (Å²) in [4.78, 5) is 16.6. The van der Waals surface area contributed by atoms with Gasteiger partial charge in [0.05, 0.1) is 6.42 Å². The molecule has 1 saturated heterocycles. The van der Waals surface area contributed by atoms with Crippen molar-refractivity contribution in [2.24, 2.45) is 0 Å². The standard InChI is InChI=1S/C16H23ClN2O2/c1-13(12-19-9-7-18(2)8-10-19)21-16(20)11-14-3-5-15(17)6-4-14/h3-6,13H,7-12H2,1-2H3/t13-/m0/s1. The molecule has 1 atom stereocenters. The average molecular weight is 311 g/mol. The molecule has 0 aromatic heterocycles. The van der Waals surface area contributed by atoms with Gasteiger partial charge in [-0.15, -0.1) is 0 Å². The van der Waals surface area contributed by atoms with Gasteiger partial charge >= 0.3 is 5.97 Å². The Hall–Kier alpha value is -1.10. The van der Waals surface area contributed by atoms with Crippen LogP contribution in [-0.2, 0) is 16.0 Å². The second-order valence-electron chi connectivity index (χ2n) is 5.71. The van der Waals surface area contributed by atoms with E-state index >= 15 is 0 Å². The van der Waals surface area contributed by atoms with Crippen LogP contribution in [0.1, 0.15) is 12.5 Å². The summed E-state index contributed by atoms with van der Waals surface area (Å²) >= 11 is 5.83. The van der Waals surface area contributed by atoms with Crippen molar-refractivity contribution < 1.29 is 9.53 Å². The van der Waals surface area contributed by atoms with Crippen LogP contribution in [-0.4, -0.2) is 61.6 Å². The van der Waals surface area contributed by atoms with Gasteiger partial charge in [-0.2, -0.15) is 0 Å². The molecule has 1 heterocycles. The van der Waals surface area contributed by atoms with Gasteiger partial charge in [0.2, 0.25) is 0 Å². The zero-order valence-corrected chi connectivity index (χ0v) is 13.5. The van der Waals surface area contributed by atoms with Crippen molar-refractivity contribution in [2.75, 3.05) is 39.8 Å². The molecule has 0 amide bonds. The smallest absolute Gasteiger partial charge is 0.310 e. The van der Waals surface area contributed by atoms with E-state index in [-0.39, 0.29) is 12.1 Å². The summed E-state index contributed by atoms with van der Waals surface area (Å²) in [7, 11) is 2.13. The topological polar surface area (TPSA) is 32.8 Å². The molecule has 1 aliphatic heterocycles. The van der Waals surface area contributed by atoms with Crippen molar-refractivity contribution in [3.05, 3.63) is 34.9 Å². The molecule has 0 radical (unpaired) electrons. The molecule has 0 N–H and O–H groups in total. The van der Waals surface area contributed by atoms with E-state index in [9.17, 15) is 4.79 Å². The van der Waals surface area contributed by atoms with E-state index in [1.165, 1.54) is 0 Å². The largest absolute Gasteiger partial charge is 0.461 e. The van der Waals surface area contributed by atoms with Gasteiger partial charge in [-0.1, -0.05) is 23.7 Å². The number of carbonyl (C=O) groups is 1. The summed E-state index contributed by atoms with van der Waals surface area (Å²) in [6.45, 7) is 6.99. The Kier molecular flexibility index (Phi) is 6.03. The first kappa shape index (κ1) is 16.3. The first-order chi connectivity index (χ1) is 10.0. The predicted molar refractivity (Wildman–Crippen MR) is 84.6 cm³/mol. The maximum atomic E-state index is 11.9. The summed E-state index contributed by atoms with van der Waals surface area (Å²) in [6.07, 6.45) is 0.220. The van der Waals surface area contributed by atoms with E-state index in [1.54, 1.807) is 12.1 Å². The van der Waals surface area contributed by atoms with Crippen molar-refractivity contribution in [3.63, 3.8) is 0 Å². The fraction of sp³-hybridized carbons (Fsp3) is 0.562. The number of ether oxygens (including phenoxy) is 1. The molecular formula is C16H23ClN2O2. The lowest BCUT2D eigenvalue weighted by atomic mass is 10.1. The molecule has 2 rings (SSSR count). The van der Waals surface area contributed by atoms with Gasteiger partial charge in [0.15, 0.2) is 0 Å². The van der Waals surface area contributed by atoms with Gasteiger partial charge in [0.25, 0.3) is 0 Å². The molecule has 1 aliphatic rings. The Bertz CT molecular complexity index is 456. The van der Waals surface area contributed by atoms with E-state index in [0.29, 0.717) is 11.4 Å². The predicted octanol–water partition coefficient (Wildman–Crippen LogP) is 2.06. The number of hydrogen-bond donors (Lipinski definition) is 0. The number of hydrogen-bond acceptors (Lipinski definition) is 4. The van der Waals surface area contributed by atoms with Crippen molar-refractivity contribution in [2.45, 2.75) is 19.4 Å². The molecule has 5 heteroatoms. The minimum absolute atomic E-state index is 0.0757. The SMILES string of the molecule is C[C@@H](CN1CCN(C)CC1)OC(=O)Cc1ccc(Cl)cc1. The molecular weight excluding hydrogens is 288 g/mol. The Morgan fingerprint density at radius 1 is 1.24 bits per heavy atom. The molecule has 1 fully saturated rings. The normalized spacial score (nSPS) is 18.4. The molecule has 0 unspecified atom stereocenters. The first-order valence-electron chi connectivity index (χ1n) is 7.38. The summed E-state index contributed by atoms with van der Waals surface area (Å²) in [5, 5.41) is 0.676. The number of esters is 1. The van der Waals surface area contributed by atoms with Crippen molar-refractivity contribution in [1.29, 1.82) is 0 Å². The van der Waals surface area contributed by atoms with Crippen LogP contribution in [0.4, 0.5) is 0 Å². The lowest BCUT2D eigenvalue weighted by Crippen LogP contribution is -2.47. The minimum atomic E-state index is -0.182. The van der Waals surface area contributed by atoms with Crippen molar-refractivity contribution in [3.8, 4) is 0 Å². The highest BCUT2D eigenvalue weighted by atomic mass is 35.5. The van der Waals surface area contributed by atoms with E-state index in [0.717, 1.165) is 38.3 Å². The van der Waals surface area contributed by atoms with Gasteiger partial charge in [-0.3, -0.25) is 9.69 Å². The number of likely N-dealkylation sites (N-methyl/N-ethyl adjacent to an activating group) is 1.